The SMILES string of the molecule is C=C(Cl)CNCc1cnnn1C. The van der Waals surface area contributed by atoms with Gasteiger partial charge < -0.3 is 5.32 Å². The third kappa shape index (κ3) is 2.64. The number of nitrogens with one attached hydrogen (secondary N) is 1. The molecule has 66 valence electrons. The molecule has 1 heterocycles. The van der Waals surface area contributed by atoms with E-state index in [0.29, 0.717) is 18.1 Å². The van der Waals surface area contributed by atoms with Gasteiger partial charge >= 0.3 is 0 Å². The summed E-state index contributed by atoms with van der Waals surface area (Å²) in [7, 11) is 1.85. The Bertz CT molecular complexity index is 268. The van der Waals surface area contributed by atoms with Crippen molar-refractivity contribution < 1.29 is 0 Å². The highest BCUT2D eigenvalue weighted by molar-refractivity contribution is 6.29. The first-order chi connectivity index (χ1) is 5.70. The minimum atomic E-state index is 0.602. The molecule has 0 aliphatic heterocycles. The molecule has 0 saturated carbocycles. The number of hydrogen-bond acceptors (Lipinski definition) is 3. The van der Waals surface area contributed by atoms with E-state index in [4.69, 9.17) is 11.6 Å². The van der Waals surface area contributed by atoms with Gasteiger partial charge in [0, 0.05) is 25.2 Å². The van der Waals surface area contributed by atoms with Crippen molar-refractivity contribution in [2.75, 3.05) is 6.54 Å². The molecule has 0 aromatic carbocycles. The van der Waals surface area contributed by atoms with Crippen LogP contribution in [0.15, 0.2) is 17.8 Å². The molecule has 0 fully saturated rings. The average molecular weight is 187 g/mol. The molecule has 0 atom stereocenters. The Morgan fingerprint density at radius 3 is 3.08 bits per heavy atom. The van der Waals surface area contributed by atoms with Gasteiger partial charge in [-0.25, -0.2) is 0 Å². The molecule has 0 bridgehead atoms. The van der Waals surface area contributed by atoms with Gasteiger partial charge in [-0.2, -0.15) is 0 Å². The minimum absolute atomic E-state index is 0.602. The monoisotopic (exact) mass is 186 g/mol. The molecule has 0 saturated heterocycles. The Labute approximate surface area is 76.2 Å². The Kier molecular flexibility index (Phi) is 3.25. The predicted molar refractivity (Wildman–Crippen MR) is 47.7 cm³/mol. The molecule has 12 heavy (non-hydrogen) atoms. The number of rotatable bonds is 4. The Hall–Kier alpha value is -0.870. The lowest BCUT2D eigenvalue weighted by Crippen LogP contribution is -2.16. The third-order valence-electron chi connectivity index (χ3n) is 1.43. The molecule has 1 aromatic rings. The summed E-state index contributed by atoms with van der Waals surface area (Å²) in [5.74, 6) is 0. The summed E-state index contributed by atoms with van der Waals surface area (Å²) in [5, 5.41) is 11.2. The number of aryl methyl sites for hydroxylation is 1. The molecule has 1 aromatic heterocycles. The van der Waals surface area contributed by atoms with Crippen molar-refractivity contribution in [2.45, 2.75) is 6.54 Å². The Morgan fingerprint density at radius 1 is 1.83 bits per heavy atom. The summed E-state index contributed by atoms with van der Waals surface area (Å²) >= 11 is 5.56. The average Bonchev–Trinajstić information content (AvgIpc) is 2.36. The Morgan fingerprint density at radius 2 is 2.58 bits per heavy atom. The van der Waals surface area contributed by atoms with Crippen molar-refractivity contribution in [3.8, 4) is 0 Å². The molecule has 0 radical (unpaired) electrons. The van der Waals surface area contributed by atoms with Gasteiger partial charge in [-0.15, -0.1) is 5.10 Å². The van der Waals surface area contributed by atoms with Gasteiger partial charge in [0.15, 0.2) is 0 Å². The van der Waals surface area contributed by atoms with Crippen molar-refractivity contribution >= 4 is 11.6 Å². The smallest absolute Gasteiger partial charge is 0.0738 e. The molecular weight excluding hydrogens is 176 g/mol. The zero-order chi connectivity index (χ0) is 8.97. The van der Waals surface area contributed by atoms with E-state index in [-0.39, 0.29) is 0 Å². The van der Waals surface area contributed by atoms with E-state index in [1.807, 2.05) is 7.05 Å². The van der Waals surface area contributed by atoms with E-state index >= 15 is 0 Å². The first-order valence-electron chi connectivity index (χ1n) is 3.57. The maximum absolute atomic E-state index is 5.56. The number of hydrogen-bond donors (Lipinski definition) is 1. The quantitative estimate of drug-likeness (QED) is 0.751. The number of halogens is 1. The second-order valence-corrected chi connectivity index (χ2v) is 3.00. The van der Waals surface area contributed by atoms with E-state index < -0.39 is 0 Å². The van der Waals surface area contributed by atoms with Gasteiger partial charge in [-0.05, 0) is 0 Å². The number of aromatic nitrogens is 3. The van der Waals surface area contributed by atoms with Gasteiger partial charge in [-0.1, -0.05) is 23.4 Å². The van der Waals surface area contributed by atoms with E-state index in [2.05, 4.69) is 22.2 Å². The molecule has 1 N–H and O–H groups in total. The van der Waals surface area contributed by atoms with Crippen LogP contribution in [0.4, 0.5) is 0 Å². The molecule has 0 aliphatic rings. The fourth-order valence-electron chi connectivity index (χ4n) is 0.797. The maximum atomic E-state index is 5.56. The lowest BCUT2D eigenvalue weighted by molar-refractivity contribution is 0.638. The summed E-state index contributed by atoms with van der Waals surface area (Å²) in [5.41, 5.74) is 1.02. The first-order valence-corrected chi connectivity index (χ1v) is 3.95. The van der Waals surface area contributed by atoms with Gasteiger partial charge in [0.1, 0.15) is 0 Å². The van der Waals surface area contributed by atoms with Crippen molar-refractivity contribution in [3.63, 3.8) is 0 Å². The fraction of sp³-hybridized carbons (Fsp3) is 0.429. The lowest BCUT2D eigenvalue weighted by Gasteiger charge is -2.01. The standard InChI is InChI=1S/C7H11ClN4/c1-6(8)3-9-4-7-5-10-11-12(7)2/h5,9H,1,3-4H2,2H3. The van der Waals surface area contributed by atoms with Crippen LogP contribution in [0, 0.1) is 0 Å². The highest BCUT2D eigenvalue weighted by Crippen LogP contribution is 1.95. The third-order valence-corrected chi connectivity index (χ3v) is 1.56. The predicted octanol–water partition coefficient (Wildman–Crippen LogP) is 0.657. The molecule has 0 unspecified atom stereocenters. The van der Waals surface area contributed by atoms with Gasteiger partial charge in [-0.3, -0.25) is 4.68 Å². The normalized spacial score (nSPS) is 10.2. The zero-order valence-corrected chi connectivity index (χ0v) is 7.67. The van der Waals surface area contributed by atoms with Crippen LogP contribution in [0.5, 0.6) is 0 Å². The summed E-state index contributed by atoms with van der Waals surface area (Å²) in [6.07, 6.45) is 1.71. The summed E-state index contributed by atoms with van der Waals surface area (Å²) < 4.78 is 1.71. The highest BCUT2D eigenvalue weighted by Gasteiger charge is 1.97. The van der Waals surface area contributed by atoms with E-state index in [1.54, 1.807) is 10.9 Å². The van der Waals surface area contributed by atoms with Crippen LogP contribution >= 0.6 is 11.6 Å². The van der Waals surface area contributed by atoms with Gasteiger partial charge in [0.25, 0.3) is 0 Å². The van der Waals surface area contributed by atoms with Gasteiger partial charge in [0.05, 0.1) is 11.9 Å². The van der Waals surface area contributed by atoms with Gasteiger partial charge in [0.2, 0.25) is 0 Å². The maximum Gasteiger partial charge on any atom is 0.0738 e. The molecule has 5 heteroatoms. The van der Waals surface area contributed by atoms with Crippen molar-refractivity contribution in [1.29, 1.82) is 0 Å². The largest absolute Gasteiger partial charge is 0.306 e. The summed E-state index contributed by atoms with van der Waals surface area (Å²) in [4.78, 5) is 0. The molecule has 4 nitrogen and oxygen atoms in total. The zero-order valence-electron chi connectivity index (χ0n) is 6.92. The van der Waals surface area contributed by atoms with Crippen molar-refractivity contribution in [1.82, 2.24) is 20.3 Å². The lowest BCUT2D eigenvalue weighted by atomic mass is 10.4. The van der Waals surface area contributed by atoms with Crippen LogP contribution in [0.25, 0.3) is 0 Å². The van der Waals surface area contributed by atoms with E-state index in [9.17, 15) is 0 Å². The van der Waals surface area contributed by atoms with Crippen LogP contribution < -0.4 is 5.32 Å². The van der Waals surface area contributed by atoms with E-state index in [0.717, 1.165) is 5.69 Å². The fourth-order valence-corrected chi connectivity index (χ4v) is 0.892. The van der Waals surface area contributed by atoms with E-state index in [1.165, 1.54) is 0 Å². The van der Waals surface area contributed by atoms with Crippen molar-refractivity contribution in [3.05, 3.63) is 23.5 Å². The topological polar surface area (TPSA) is 42.7 Å². The van der Waals surface area contributed by atoms with Crippen LogP contribution in [0.1, 0.15) is 5.69 Å². The van der Waals surface area contributed by atoms with Crippen molar-refractivity contribution in [2.24, 2.45) is 7.05 Å². The number of nitrogens with zero attached hydrogens (tertiary/aromatic N) is 3. The molecule has 0 aliphatic carbocycles. The molecule has 0 spiro atoms. The second-order valence-electron chi connectivity index (χ2n) is 2.47. The van der Waals surface area contributed by atoms with Crippen LogP contribution in [-0.2, 0) is 13.6 Å². The first kappa shape index (κ1) is 9.22. The molecule has 1 rings (SSSR count). The summed E-state index contributed by atoms with van der Waals surface area (Å²) in [6.45, 7) is 4.87. The van der Waals surface area contributed by atoms with Crippen LogP contribution in [-0.4, -0.2) is 21.5 Å². The minimum Gasteiger partial charge on any atom is -0.306 e. The van der Waals surface area contributed by atoms with Crippen LogP contribution in [0.3, 0.4) is 0 Å². The second kappa shape index (κ2) is 4.23. The molecular formula is C7H11ClN4. The summed E-state index contributed by atoms with van der Waals surface area (Å²) in [6, 6.07) is 0. The Balaban J connectivity index is 2.33. The highest BCUT2D eigenvalue weighted by atomic mass is 35.5. The molecule has 0 amide bonds. The van der Waals surface area contributed by atoms with Crippen LogP contribution in [0.2, 0.25) is 0 Å².